The highest BCUT2D eigenvalue weighted by molar-refractivity contribution is 7.99. The SMILES string of the molecule is Cn1nnnc1SC[C@H](O)c1ccccc1. The van der Waals surface area contributed by atoms with Crippen LogP contribution in [0.15, 0.2) is 35.5 Å². The molecule has 0 amide bonds. The number of aromatic nitrogens is 4. The minimum atomic E-state index is -0.497. The summed E-state index contributed by atoms with van der Waals surface area (Å²) in [6, 6.07) is 9.55. The molecule has 0 bridgehead atoms. The van der Waals surface area contributed by atoms with Crippen molar-refractivity contribution in [3.63, 3.8) is 0 Å². The summed E-state index contributed by atoms with van der Waals surface area (Å²) in [6.07, 6.45) is -0.497. The van der Waals surface area contributed by atoms with Crippen LogP contribution in [0.25, 0.3) is 0 Å². The number of tetrazole rings is 1. The van der Waals surface area contributed by atoms with Crippen LogP contribution in [0.2, 0.25) is 0 Å². The Hall–Kier alpha value is -1.40. The van der Waals surface area contributed by atoms with Crippen LogP contribution in [-0.2, 0) is 7.05 Å². The maximum atomic E-state index is 9.91. The second kappa shape index (κ2) is 5.09. The molecule has 0 aliphatic carbocycles. The van der Waals surface area contributed by atoms with Gasteiger partial charge in [-0.2, -0.15) is 0 Å². The van der Waals surface area contributed by atoms with Crippen LogP contribution in [0.1, 0.15) is 11.7 Å². The number of hydrogen-bond acceptors (Lipinski definition) is 5. The second-order valence-corrected chi connectivity index (χ2v) is 4.31. The maximum Gasteiger partial charge on any atom is 0.209 e. The molecule has 1 aromatic carbocycles. The highest BCUT2D eigenvalue weighted by Crippen LogP contribution is 2.21. The first-order valence-corrected chi connectivity index (χ1v) is 5.84. The molecule has 0 fully saturated rings. The molecule has 0 radical (unpaired) electrons. The summed E-state index contributed by atoms with van der Waals surface area (Å²) in [4.78, 5) is 0. The van der Waals surface area contributed by atoms with Crippen molar-refractivity contribution in [3.8, 4) is 0 Å². The molecule has 2 aromatic rings. The Morgan fingerprint density at radius 3 is 2.75 bits per heavy atom. The van der Waals surface area contributed by atoms with E-state index in [1.54, 1.807) is 11.7 Å². The van der Waals surface area contributed by atoms with Crippen LogP contribution in [0, 0.1) is 0 Å². The summed E-state index contributed by atoms with van der Waals surface area (Å²) < 4.78 is 1.59. The zero-order valence-electron chi connectivity index (χ0n) is 8.82. The lowest BCUT2D eigenvalue weighted by Crippen LogP contribution is -2.02. The first-order valence-electron chi connectivity index (χ1n) is 4.85. The van der Waals surface area contributed by atoms with Crippen molar-refractivity contribution < 1.29 is 5.11 Å². The number of aliphatic hydroxyl groups excluding tert-OH is 1. The minimum Gasteiger partial charge on any atom is -0.388 e. The fourth-order valence-corrected chi connectivity index (χ4v) is 2.09. The second-order valence-electron chi connectivity index (χ2n) is 3.32. The Bertz CT molecular complexity index is 445. The highest BCUT2D eigenvalue weighted by Gasteiger charge is 2.10. The van der Waals surface area contributed by atoms with Gasteiger partial charge in [0.2, 0.25) is 5.16 Å². The van der Waals surface area contributed by atoms with E-state index in [0.717, 1.165) is 5.56 Å². The average molecular weight is 236 g/mol. The Morgan fingerprint density at radius 2 is 2.12 bits per heavy atom. The van der Waals surface area contributed by atoms with Gasteiger partial charge in [0.25, 0.3) is 0 Å². The molecule has 0 saturated carbocycles. The number of aliphatic hydroxyl groups is 1. The molecule has 1 atom stereocenters. The zero-order valence-corrected chi connectivity index (χ0v) is 9.63. The van der Waals surface area contributed by atoms with Gasteiger partial charge in [0.15, 0.2) is 0 Å². The quantitative estimate of drug-likeness (QED) is 0.803. The van der Waals surface area contributed by atoms with E-state index in [-0.39, 0.29) is 0 Å². The van der Waals surface area contributed by atoms with Gasteiger partial charge in [-0.25, -0.2) is 4.68 Å². The summed E-state index contributed by atoms with van der Waals surface area (Å²) in [5.41, 5.74) is 0.908. The lowest BCUT2D eigenvalue weighted by molar-refractivity contribution is 0.204. The maximum absolute atomic E-state index is 9.91. The third-order valence-corrected chi connectivity index (χ3v) is 3.22. The van der Waals surface area contributed by atoms with Gasteiger partial charge in [-0.15, -0.1) is 5.10 Å². The van der Waals surface area contributed by atoms with E-state index < -0.39 is 6.10 Å². The smallest absolute Gasteiger partial charge is 0.209 e. The summed E-state index contributed by atoms with van der Waals surface area (Å²) >= 11 is 1.43. The number of hydrogen-bond donors (Lipinski definition) is 1. The van der Waals surface area contributed by atoms with E-state index in [1.165, 1.54) is 11.8 Å². The normalized spacial score (nSPS) is 12.6. The van der Waals surface area contributed by atoms with Crippen molar-refractivity contribution in [1.29, 1.82) is 0 Å². The van der Waals surface area contributed by atoms with Gasteiger partial charge in [-0.3, -0.25) is 0 Å². The molecule has 0 aliphatic rings. The molecule has 1 N–H and O–H groups in total. The molecule has 5 nitrogen and oxygen atoms in total. The zero-order chi connectivity index (χ0) is 11.4. The molecule has 84 valence electrons. The van der Waals surface area contributed by atoms with Crippen LogP contribution in [0.5, 0.6) is 0 Å². The molecule has 0 spiro atoms. The molecular weight excluding hydrogens is 224 g/mol. The summed E-state index contributed by atoms with van der Waals surface area (Å²) in [6.45, 7) is 0. The molecule has 0 saturated heterocycles. The third-order valence-electron chi connectivity index (χ3n) is 2.14. The van der Waals surface area contributed by atoms with Gasteiger partial charge in [0, 0.05) is 12.8 Å². The van der Waals surface area contributed by atoms with Crippen molar-refractivity contribution in [2.24, 2.45) is 7.05 Å². The molecule has 2 rings (SSSR count). The first kappa shape index (κ1) is 11.1. The van der Waals surface area contributed by atoms with Crippen molar-refractivity contribution >= 4 is 11.8 Å². The number of rotatable bonds is 4. The first-order chi connectivity index (χ1) is 7.77. The van der Waals surface area contributed by atoms with Crippen molar-refractivity contribution in [1.82, 2.24) is 20.2 Å². The number of benzene rings is 1. The monoisotopic (exact) mass is 236 g/mol. The largest absolute Gasteiger partial charge is 0.388 e. The molecule has 0 aliphatic heterocycles. The van der Waals surface area contributed by atoms with E-state index in [1.807, 2.05) is 30.3 Å². The van der Waals surface area contributed by atoms with E-state index >= 15 is 0 Å². The van der Waals surface area contributed by atoms with Crippen LogP contribution in [-0.4, -0.2) is 31.1 Å². The Labute approximate surface area is 97.5 Å². The third kappa shape index (κ3) is 2.59. The Morgan fingerprint density at radius 1 is 1.38 bits per heavy atom. The number of nitrogens with zero attached hydrogens (tertiary/aromatic N) is 4. The van der Waals surface area contributed by atoms with Crippen LogP contribution < -0.4 is 0 Å². The standard InChI is InChI=1S/C10H12N4OS/c1-14-10(11-12-13-14)16-7-9(15)8-5-3-2-4-6-8/h2-6,9,15H,7H2,1H3/t9-/m0/s1. The number of thioether (sulfide) groups is 1. The molecule has 1 aromatic heterocycles. The van der Waals surface area contributed by atoms with Crippen LogP contribution in [0.4, 0.5) is 0 Å². The molecule has 6 heteroatoms. The fourth-order valence-electron chi connectivity index (χ4n) is 1.27. The van der Waals surface area contributed by atoms with E-state index in [0.29, 0.717) is 10.9 Å². The molecule has 0 unspecified atom stereocenters. The Kier molecular flexibility index (Phi) is 3.53. The van der Waals surface area contributed by atoms with Crippen molar-refractivity contribution in [2.75, 3.05) is 5.75 Å². The summed E-state index contributed by atoms with van der Waals surface area (Å²) in [5, 5.41) is 21.7. The lowest BCUT2D eigenvalue weighted by atomic mass is 10.1. The van der Waals surface area contributed by atoms with Gasteiger partial charge in [0.05, 0.1) is 6.10 Å². The van der Waals surface area contributed by atoms with Crippen molar-refractivity contribution in [3.05, 3.63) is 35.9 Å². The predicted octanol–water partition coefficient (Wildman–Crippen LogP) is 1.04. The Balaban J connectivity index is 1.94. The van der Waals surface area contributed by atoms with Gasteiger partial charge in [0.1, 0.15) is 0 Å². The minimum absolute atomic E-state index is 0.497. The van der Waals surface area contributed by atoms with Gasteiger partial charge >= 0.3 is 0 Å². The van der Waals surface area contributed by atoms with Gasteiger partial charge in [-0.05, 0) is 16.0 Å². The average Bonchev–Trinajstić information content (AvgIpc) is 2.73. The summed E-state index contributed by atoms with van der Waals surface area (Å²) in [5.74, 6) is 0.540. The fraction of sp³-hybridized carbons (Fsp3) is 0.300. The summed E-state index contributed by atoms with van der Waals surface area (Å²) in [7, 11) is 1.78. The topological polar surface area (TPSA) is 63.8 Å². The van der Waals surface area contributed by atoms with E-state index in [9.17, 15) is 5.11 Å². The van der Waals surface area contributed by atoms with Crippen LogP contribution in [0.3, 0.4) is 0 Å². The number of aryl methyl sites for hydroxylation is 1. The molecule has 16 heavy (non-hydrogen) atoms. The van der Waals surface area contributed by atoms with Gasteiger partial charge in [-0.1, -0.05) is 42.1 Å². The predicted molar refractivity (Wildman–Crippen MR) is 60.9 cm³/mol. The van der Waals surface area contributed by atoms with Crippen molar-refractivity contribution in [2.45, 2.75) is 11.3 Å². The lowest BCUT2D eigenvalue weighted by Gasteiger charge is -2.09. The van der Waals surface area contributed by atoms with Crippen LogP contribution >= 0.6 is 11.8 Å². The molecular formula is C10H12N4OS. The van der Waals surface area contributed by atoms with E-state index in [4.69, 9.17) is 0 Å². The van der Waals surface area contributed by atoms with E-state index in [2.05, 4.69) is 15.5 Å². The molecule has 1 heterocycles. The van der Waals surface area contributed by atoms with Gasteiger partial charge < -0.3 is 5.11 Å². The highest BCUT2D eigenvalue weighted by atomic mass is 32.2.